The molecule has 2 aliphatic heterocycles. The molecule has 2 saturated heterocycles. The van der Waals surface area contributed by atoms with E-state index in [-0.39, 0.29) is 24.2 Å². The maximum Gasteiger partial charge on any atom is 0.274 e. The highest BCUT2D eigenvalue weighted by atomic mass is 19.1. The summed E-state index contributed by atoms with van der Waals surface area (Å²) in [6.45, 7) is 1.22. The number of imidazole rings is 1. The molecule has 1 aromatic carbocycles. The number of rotatable bonds is 2. The minimum Gasteiger partial charge on any atom is -0.361 e. The number of aryl methyl sites for hydroxylation is 1. The molecule has 0 N–H and O–H groups in total. The van der Waals surface area contributed by atoms with Gasteiger partial charge in [-0.25, -0.2) is 9.37 Å². The lowest BCUT2D eigenvalue weighted by Crippen LogP contribution is -2.56. The van der Waals surface area contributed by atoms with E-state index in [4.69, 9.17) is 4.74 Å². The van der Waals surface area contributed by atoms with Crippen molar-refractivity contribution in [2.45, 2.75) is 12.0 Å². The van der Waals surface area contributed by atoms with Crippen LogP contribution < -0.4 is 4.90 Å². The van der Waals surface area contributed by atoms with Crippen molar-refractivity contribution in [3.63, 3.8) is 0 Å². The molecule has 0 radical (unpaired) electrons. The predicted molar refractivity (Wildman–Crippen MR) is 91.2 cm³/mol. The maximum absolute atomic E-state index is 13.2. The first kappa shape index (κ1) is 16.7. The van der Waals surface area contributed by atoms with Gasteiger partial charge < -0.3 is 19.1 Å². The van der Waals surface area contributed by atoms with Crippen LogP contribution in [0.25, 0.3) is 0 Å². The quantitative estimate of drug-likeness (QED) is 0.809. The number of carbonyl (C=O) groups is 2. The van der Waals surface area contributed by atoms with Crippen LogP contribution in [0.15, 0.2) is 36.8 Å². The van der Waals surface area contributed by atoms with Crippen molar-refractivity contribution in [1.29, 1.82) is 0 Å². The van der Waals surface area contributed by atoms with E-state index in [2.05, 4.69) is 4.98 Å². The Kier molecular flexibility index (Phi) is 3.99. The predicted octanol–water partition coefficient (Wildman–Crippen LogP) is 1.21. The molecular formula is C18H19FN4O3. The molecule has 2 aromatic rings. The van der Waals surface area contributed by atoms with Crippen LogP contribution in [0.5, 0.6) is 0 Å². The monoisotopic (exact) mass is 358 g/mol. The molecule has 1 aromatic heterocycles. The summed E-state index contributed by atoms with van der Waals surface area (Å²) in [5.41, 5.74) is 0.424. The fraction of sp³-hybridized carbons (Fsp3) is 0.389. The van der Waals surface area contributed by atoms with Gasteiger partial charge in [0.2, 0.25) is 0 Å². The molecule has 7 nitrogen and oxygen atoms in total. The first-order chi connectivity index (χ1) is 12.5. The molecule has 26 heavy (non-hydrogen) atoms. The highest BCUT2D eigenvalue weighted by molar-refractivity contribution is 5.95. The van der Waals surface area contributed by atoms with Gasteiger partial charge in [-0.1, -0.05) is 0 Å². The first-order valence-corrected chi connectivity index (χ1v) is 8.43. The van der Waals surface area contributed by atoms with E-state index < -0.39 is 5.60 Å². The smallest absolute Gasteiger partial charge is 0.274 e. The van der Waals surface area contributed by atoms with Crippen LogP contribution in [0.1, 0.15) is 16.9 Å². The number of nitrogens with zero attached hydrogens (tertiary/aromatic N) is 4. The Morgan fingerprint density at radius 3 is 2.73 bits per heavy atom. The summed E-state index contributed by atoms with van der Waals surface area (Å²) >= 11 is 0. The topological polar surface area (TPSA) is 67.7 Å². The number of amides is 2. The van der Waals surface area contributed by atoms with E-state index >= 15 is 0 Å². The summed E-state index contributed by atoms with van der Waals surface area (Å²) in [5, 5.41) is 0. The third kappa shape index (κ3) is 2.96. The van der Waals surface area contributed by atoms with Crippen LogP contribution in [-0.2, 0) is 16.6 Å². The van der Waals surface area contributed by atoms with Gasteiger partial charge in [-0.05, 0) is 30.7 Å². The van der Waals surface area contributed by atoms with Crippen LogP contribution >= 0.6 is 0 Å². The molecule has 0 saturated carbocycles. The van der Waals surface area contributed by atoms with Crippen LogP contribution in [0.2, 0.25) is 0 Å². The Bertz CT molecular complexity index is 850. The van der Waals surface area contributed by atoms with Gasteiger partial charge in [-0.3, -0.25) is 9.59 Å². The van der Waals surface area contributed by atoms with E-state index in [1.165, 1.54) is 12.1 Å². The van der Waals surface area contributed by atoms with Crippen LogP contribution in [0.3, 0.4) is 0 Å². The number of hydrogen-bond acceptors (Lipinski definition) is 4. The molecule has 2 amide bonds. The number of halogens is 1. The van der Waals surface area contributed by atoms with Crippen molar-refractivity contribution in [3.8, 4) is 0 Å². The average Bonchev–Trinajstić information content (AvgIpc) is 3.25. The summed E-state index contributed by atoms with van der Waals surface area (Å²) in [6.07, 6.45) is 3.91. The van der Waals surface area contributed by atoms with Crippen molar-refractivity contribution in [1.82, 2.24) is 14.5 Å². The third-order valence-corrected chi connectivity index (χ3v) is 4.92. The summed E-state index contributed by atoms with van der Waals surface area (Å²) in [4.78, 5) is 32.3. The third-order valence-electron chi connectivity index (χ3n) is 4.92. The van der Waals surface area contributed by atoms with Crippen molar-refractivity contribution >= 4 is 17.5 Å². The Hall–Kier alpha value is -2.74. The van der Waals surface area contributed by atoms with Crippen molar-refractivity contribution in [2.75, 3.05) is 31.1 Å². The number of morpholine rings is 1. The normalized spacial score (nSPS) is 23.1. The molecule has 2 fully saturated rings. The lowest BCUT2D eigenvalue weighted by molar-refractivity contribution is -0.137. The molecular weight excluding hydrogens is 339 g/mol. The minimum atomic E-state index is -0.604. The van der Waals surface area contributed by atoms with E-state index in [0.717, 1.165) is 0 Å². The molecule has 8 heteroatoms. The molecule has 0 aliphatic carbocycles. The highest BCUT2D eigenvalue weighted by Gasteiger charge is 2.46. The van der Waals surface area contributed by atoms with Gasteiger partial charge in [-0.2, -0.15) is 0 Å². The second kappa shape index (κ2) is 6.21. The number of aromatic nitrogens is 2. The van der Waals surface area contributed by atoms with Crippen molar-refractivity contribution < 1.29 is 18.7 Å². The summed E-state index contributed by atoms with van der Waals surface area (Å²) in [6, 6.07) is 5.82. The van der Waals surface area contributed by atoms with E-state index in [9.17, 15) is 14.0 Å². The maximum atomic E-state index is 13.2. The van der Waals surface area contributed by atoms with Gasteiger partial charge in [0.1, 0.15) is 23.7 Å². The van der Waals surface area contributed by atoms with Gasteiger partial charge in [0.15, 0.2) is 0 Å². The number of anilines is 1. The summed E-state index contributed by atoms with van der Waals surface area (Å²) in [5.74, 6) is -0.662. The molecule has 1 spiro atoms. The molecule has 3 heterocycles. The number of carbonyl (C=O) groups excluding carboxylic acids is 2. The Labute approximate surface area is 150 Å². The average molecular weight is 358 g/mol. The number of benzene rings is 1. The van der Waals surface area contributed by atoms with E-state index in [1.54, 1.807) is 39.0 Å². The second-order valence-electron chi connectivity index (χ2n) is 6.83. The molecule has 1 atom stereocenters. The van der Waals surface area contributed by atoms with E-state index in [1.807, 2.05) is 7.05 Å². The SMILES string of the molecule is Cn1cnc(C(=O)N2CCC3(C2)CN(c2ccc(F)cc2)C(=O)CO3)c1. The molecule has 0 bridgehead atoms. The van der Waals surface area contributed by atoms with Gasteiger partial charge in [0.05, 0.1) is 19.4 Å². The zero-order chi connectivity index (χ0) is 18.3. The largest absolute Gasteiger partial charge is 0.361 e. The van der Waals surface area contributed by atoms with Crippen LogP contribution in [-0.4, -0.2) is 58.1 Å². The fourth-order valence-corrected chi connectivity index (χ4v) is 3.52. The second-order valence-corrected chi connectivity index (χ2v) is 6.83. The van der Waals surface area contributed by atoms with Crippen molar-refractivity contribution in [3.05, 3.63) is 48.3 Å². The molecule has 1 unspecified atom stereocenters. The molecule has 136 valence electrons. The van der Waals surface area contributed by atoms with Gasteiger partial charge >= 0.3 is 0 Å². The van der Waals surface area contributed by atoms with Gasteiger partial charge in [0.25, 0.3) is 11.8 Å². The lowest BCUT2D eigenvalue weighted by Gasteiger charge is -2.40. The van der Waals surface area contributed by atoms with Gasteiger partial charge in [-0.15, -0.1) is 0 Å². The minimum absolute atomic E-state index is 0.0526. The fourth-order valence-electron chi connectivity index (χ4n) is 3.52. The summed E-state index contributed by atoms with van der Waals surface area (Å²) < 4.78 is 20.7. The Balaban J connectivity index is 1.51. The Morgan fingerprint density at radius 1 is 1.27 bits per heavy atom. The number of ether oxygens (including phenoxy) is 1. The number of hydrogen-bond donors (Lipinski definition) is 0. The van der Waals surface area contributed by atoms with Crippen LogP contribution in [0, 0.1) is 5.82 Å². The van der Waals surface area contributed by atoms with Crippen LogP contribution in [0.4, 0.5) is 10.1 Å². The summed E-state index contributed by atoms with van der Waals surface area (Å²) in [7, 11) is 1.81. The highest BCUT2D eigenvalue weighted by Crippen LogP contribution is 2.32. The van der Waals surface area contributed by atoms with Gasteiger partial charge in [0, 0.05) is 25.5 Å². The zero-order valence-electron chi connectivity index (χ0n) is 14.4. The zero-order valence-corrected chi connectivity index (χ0v) is 14.4. The lowest BCUT2D eigenvalue weighted by atomic mass is 10.00. The molecule has 2 aliphatic rings. The van der Waals surface area contributed by atoms with Crippen molar-refractivity contribution in [2.24, 2.45) is 7.05 Å². The first-order valence-electron chi connectivity index (χ1n) is 8.43. The molecule has 4 rings (SSSR count). The number of likely N-dealkylation sites (tertiary alicyclic amines) is 1. The van der Waals surface area contributed by atoms with E-state index in [0.29, 0.717) is 37.4 Å². The Morgan fingerprint density at radius 2 is 2.04 bits per heavy atom. The standard InChI is InChI=1S/C18H19FN4O3/c1-21-8-15(20-12-21)17(25)22-7-6-18(10-22)11-23(16(24)9-26-18)14-4-2-13(19)3-5-14/h2-5,8,12H,6-7,9-11H2,1H3.